The number of aryl methyl sites for hydroxylation is 2. The van der Waals surface area contributed by atoms with Crippen molar-refractivity contribution in [2.24, 2.45) is 0 Å². The average Bonchev–Trinajstić information content (AvgIpc) is 3.45. The van der Waals surface area contributed by atoms with Crippen LogP contribution in [0.4, 0.5) is 5.95 Å². The van der Waals surface area contributed by atoms with E-state index in [1.807, 2.05) is 42.9 Å². The fraction of sp³-hybridized carbons (Fsp3) is 0.304. The number of rotatable bonds is 10. The van der Waals surface area contributed by atoms with Gasteiger partial charge in [0.2, 0.25) is 11.7 Å². The summed E-state index contributed by atoms with van der Waals surface area (Å²) in [4.78, 5) is 8.92. The van der Waals surface area contributed by atoms with E-state index in [-0.39, 0.29) is 0 Å². The summed E-state index contributed by atoms with van der Waals surface area (Å²) < 4.78 is 20.7. The van der Waals surface area contributed by atoms with E-state index in [9.17, 15) is 0 Å². The van der Waals surface area contributed by atoms with E-state index >= 15 is 0 Å². The van der Waals surface area contributed by atoms with E-state index in [2.05, 4.69) is 25.5 Å². The minimum absolute atomic E-state index is 0.571. The van der Waals surface area contributed by atoms with Crippen LogP contribution in [0.5, 0.6) is 17.2 Å². The topological polar surface area (TPSA) is 75.4 Å². The molecule has 0 aliphatic carbocycles. The van der Waals surface area contributed by atoms with Crippen molar-refractivity contribution in [3.63, 3.8) is 0 Å². The number of nitrogens with one attached hydrogen (secondary N) is 1. The highest BCUT2D eigenvalue weighted by molar-refractivity contribution is 5.78. The van der Waals surface area contributed by atoms with Gasteiger partial charge in [0.25, 0.3) is 0 Å². The molecule has 0 amide bonds. The van der Waals surface area contributed by atoms with E-state index in [1.54, 1.807) is 27.5 Å². The van der Waals surface area contributed by atoms with Gasteiger partial charge in [0.15, 0.2) is 11.5 Å². The minimum Gasteiger partial charge on any atom is -0.493 e. The van der Waals surface area contributed by atoms with Crippen molar-refractivity contribution in [1.82, 2.24) is 19.1 Å². The molecule has 0 saturated carbocycles. The number of aromatic nitrogens is 4. The fourth-order valence-corrected chi connectivity index (χ4v) is 3.69. The van der Waals surface area contributed by atoms with Crippen molar-refractivity contribution in [2.45, 2.75) is 26.1 Å². The summed E-state index contributed by atoms with van der Waals surface area (Å²) in [5.74, 6) is 2.68. The third kappa shape index (κ3) is 4.42. The number of para-hydroxylation sites is 2. The van der Waals surface area contributed by atoms with Crippen molar-refractivity contribution in [3.8, 4) is 17.2 Å². The Kier molecular flexibility index (Phi) is 6.26. The largest absolute Gasteiger partial charge is 0.493 e. The first kappa shape index (κ1) is 20.6. The second kappa shape index (κ2) is 9.42. The SMILES string of the molecule is COc1cc(CNc2nc3ccccc3n2CCCn2ccnc2)cc(OC)c1OC. The fourth-order valence-electron chi connectivity index (χ4n) is 3.69. The van der Waals surface area contributed by atoms with Crippen LogP contribution in [0.3, 0.4) is 0 Å². The predicted molar refractivity (Wildman–Crippen MR) is 120 cm³/mol. The van der Waals surface area contributed by atoms with Gasteiger partial charge in [-0.05, 0) is 36.2 Å². The first-order valence-electron chi connectivity index (χ1n) is 10.2. The van der Waals surface area contributed by atoms with Crippen molar-refractivity contribution < 1.29 is 14.2 Å². The molecule has 1 N–H and O–H groups in total. The predicted octanol–water partition coefficient (Wildman–Crippen LogP) is 3.96. The zero-order valence-electron chi connectivity index (χ0n) is 18.0. The van der Waals surface area contributed by atoms with Crippen molar-refractivity contribution >= 4 is 17.0 Å². The van der Waals surface area contributed by atoms with Gasteiger partial charge in [0.1, 0.15) is 0 Å². The molecule has 2 aromatic carbocycles. The zero-order chi connectivity index (χ0) is 21.6. The minimum atomic E-state index is 0.571. The Labute approximate surface area is 181 Å². The third-order valence-corrected chi connectivity index (χ3v) is 5.19. The molecule has 8 heteroatoms. The Bertz CT molecular complexity index is 1110. The summed E-state index contributed by atoms with van der Waals surface area (Å²) in [6.45, 7) is 2.32. The number of imidazole rings is 2. The van der Waals surface area contributed by atoms with Crippen LogP contribution in [0.1, 0.15) is 12.0 Å². The Hall–Kier alpha value is -3.68. The number of fused-ring (bicyclic) bond motifs is 1. The summed E-state index contributed by atoms with van der Waals surface area (Å²) in [5, 5.41) is 3.48. The molecule has 4 rings (SSSR count). The lowest BCUT2D eigenvalue weighted by atomic mass is 10.2. The molecule has 0 aliphatic rings. The van der Waals surface area contributed by atoms with Crippen LogP contribution in [-0.4, -0.2) is 40.4 Å². The molecule has 8 nitrogen and oxygen atoms in total. The molecule has 0 aliphatic heterocycles. The summed E-state index contributed by atoms with van der Waals surface area (Å²) in [5.41, 5.74) is 3.09. The van der Waals surface area contributed by atoms with Gasteiger partial charge in [0, 0.05) is 32.0 Å². The second-order valence-corrected chi connectivity index (χ2v) is 7.12. The normalized spacial score (nSPS) is 10.9. The van der Waals surface area contributed by atoms with Gasteiger partial charge in [0.05, 0.1) is 38.7 Å². The molecule has 0 radical (unpaired) electrons. The first-order chi connectivity index (χ1) is 15.2. The highest BCUT2D eigenvalue weighted by atomic mass is 16.5. The number of methoxy groups -OCH3 is 3. The van der Waals surface area contributed by atoms with Crippen LogP contribution in [0.25, 0.3) is 11.0 Å². The number of ether oxygens (including phenoxy) is 3. The molecular formula is C23H27N5O3. The molecule has 4 aromatic rings. The second-order valence-electron chi connectivity index (χ2n) is 7.12. The van der Waals surface area contributed by atoms with E-state index in [0.717, 1.165) is 42.1 Å². The van der Waals surface area contributed by atoms with Crippen LogP contribution in [0, 0.1) is 0 Å². The van der Waals surface area contributed by atoms with Crippen LogP contribution in [0.2, 0.25) is 0 Å². The summed E-state index contributed by atoms with van der Waals surface area (Å²) >= 11 is 0. The average molecular weight is 422 g/mol. The zero-order valence-corrected chi connectivity index (χ0v) is 18.0. The van der Waals surface area contributed by atoms with Crippen LogP contribution >= 0.6 is 0 Å². The van der Waals surface area contributed by atoms with Crippen LogP contribution < -0.4 is 19.5 Å². The maximum Gasteiger partial charge on any atom is 0.204 e. The van der Waals surface area contributed by atoms with Crippen molar-refractivity contribution in [2.75, 3.05) is 26.6 Å². The molecule has 0 unspecified atom stereocenters. The Morgan fingerprint density at radius 2 is 1.74 bits per heavy atom. The monoisotopic (exact) mass is 421 g/mol. The molecule has 2 aromatic heterocycles. The number of hydrogen-bond acceptors (Lipinski definition) is 6. The van der Waals surface area contributed by atoms with Gasteiger partial charge in [-0.2, -0.15) is 0 Å². The van der Waals surface area contributed by atoms with Crippen LogP contribution in [0.15, 0.2) is 55.1 Å². The standard InChI is InChI=1S/C23H27N5O3/c1-29-20-13-17(14-21(30-2)22(20)31-3)15-25-23-26-18-7-4-5-8-19(18)28(23)11-6-10-27-12-9-24-16-27/h4-5,7-9,12-14,16H,6,10-11,15H2,1-3H3,(H,25,26). The third-order valence-electron chi connectivity index (χ3n) is 5.19. The lowest BCUT2D eigenvalue weighted by Gasteiger charge is -2.15. The van der Waals surface area contributed by atoms with E-state index in [0.29, 0.717) is 23.8 Å². The van der Waals surface area contributed by atoms with Gasteiger partial charge in [-0.25, -0.2) is 9.97 Å². The summed E-state index contributed by atoms with van der Waals surface area (Å²) in [6, 6.07) is 12.1. The molecule has 162 valence electrons. The van der Waals surface area contributed by atoms with Gasteiger partial charge in [-0.15, -0.1) is 0 Å². The molecular weight excluding hydrogens is 394 g/mol. The first-order valence-corrected chi connectivity index (χ1v) is 10.2. The van der Waals surface area contributed by atoms with E-state index in [1.165, 1.54) is 0 Å². The molecule has 0 saturated heterocycles. The van der Waals surface area contributed by atoms with E-state index < -0.39 is 0 Å². The number of hydrogen-bond donors (Lipinski definition) is 1. The van der Waals surface area contributed by atoms with Crippen LogP contribution in [-0.2, 0) is 19.6 Å². The molecule has 0 spiro atoms. The highest BCUT2D eigenvalue weighted by Gasteiger charge is 2.15. The molecule has 0 atom stereocenters. The lowest BCUT2D eigenvalue weighted by molar-refractivity contribution is 0.324. The maximum absolute atomic E-state index is 5.47. The number of nitrogens with zero attached hydrogens (tertiary/aromatic N) is 4. The molecule has 2 heterocycles. The summed E-state index contributed by atoms with van der Waals surface area (Å²) in [7, 11) is 4.84. The Balaban J connectivity index is 1.55. The Morgan fingerprint density at radius 1 is 0.968 bits per heavy atom. The lowest BCUT2D eigenvalue weighted by Crippen LogP contribution is -2.10. The van der Waals surface area contributed by atoms with Crippen molar-refractivity contribution in [3.05, 3.63) is 60.7 Å². The van der Waals surface area contributed by atoms with Gasteiger partial charge >= 0.3 is 0 Å². The molecule has 0 bridgehead atoms. The maximum atomic E-state index is 5.47. The molecule has 31 heavy (non-hydrogen) atoms. The quantitative estimate of drug-likeness (QED) is 0.418. The molecule has 0 fully saturated rings. The number of benzene rings is 2. The van der Waals surface area contributed by atoms with Gasteiger partial charge in [-0.3, -0.25) is 0 Å². The van der Waals surface area contributed by atoms with E-state index in [4.69, 9.17) is 19.2 Å². The smallest absolute Gasteiger partial charge is 0.204 e. The van der Waals surface area contributed by atoms with Crippen molar-refractivity contribution in [1.29, 1.82) is 0 Å². The highest BCUT2D eigenvalue weighted by Crippen LogP contribution is 2.38. The van der Waals surface area contributed by atoms with Gasteiger partial charge in [-0.1, -0.05) is 12.1 Å². The number of anilines is 1. The summed E-state index contributed by atoms with van der Waals surface area (Å²) in [6.07, 6.45) is 6.60. The van der Waals surface area contributed by atoms with Gasteiger partial charge < -0.3 is 28.7 Å². The Morgan fingerprint density at radius 3 is 2.42 bits per heavy atom.